The van der Waals surface area contributed by atoms with Crippen molar-refractivity contribution >= 4 is 9.84 Å². The van der Waals surface area contributed by atoms with Gasteiger partial charge in [-0.15, -0.1) is 15.3 Å². The van der Waals surface area contributed by atoms with Gasteiger partial charge in [-0.3, -0.25) is 4.57 Å². The fraction of sp³-hybridized carbons (Fsp3) is 0.308. The van der Waals surface area contributed by atoms with Crippen molar-refractivity contribution < 1.29 is 13.2 Å². The number of tetrazole rings is 1. The molecule has 0 radical (unpaired) electrons. The van der Waals surface area contributed by atoms with Crippen molar-refractivity contribution in [1.29, 1.82) is 0 Å². The fourth-order valence-corrected chi connectivity index (χ4v) is 3.60. The van der Waals surface area contributed by atoms with Gasteiger partial charge >= 0.3 is 0 Å². The number of benzene rings is 1. The number of aromatic nitrogens is 7. The first kappa shape index (κ1) is 16.1. The van der Waals surface area contributed by atoms with Crippen LogP contribution in [0.25, 0.3) is 5.69 Å². The lowest BCUT2D eigenvalue weighted by molar-refractivity contribution is 0.414. The van der Waals surface area contributed by atoms with Crippen LogP contribution in [0.1, 0.15) is 18.0 Å². The standard InChI is InChI=1S/C13H15N7O3S/c1-9(12-15-17-18-19(12)2)24(21,22)13-16-14-8-20(13)10-4-6-11(23-3)7-5-10/h4-9H,1-3H3. The lowest BCUT2D eigenvalue weighted by Crippen LogP contribution is -2.19. The Balaban J connectivity index is 2.04. The smallest absolute Gasteiger partial charge is 0.254 e. The van der Waals surface area contributed by atoms with Gasteiger partial charge in [0, 0.05) is 12.7 Å². The maximum absolute atomic E-state index is 12.9. The van der Waals surface area contributed by atoms with Crippen LogP contribution in [0.4, 0.5) is 0 Å². The van der Waals surface area contributed by atoms with E-state index < -0.39 is 15.1 Å². The molecule has 0 spiro atoms. The molecule has 10 nitrogen and oxygen atoms in total. The molecule has 0 aliphatic heterocycles. The summed E-state index contributed by atoms with van der Waals surface area (Å²) in [5.74, 6) is 0.883. The largest absolute Gasteiger partial charge is 0.497 e. The van der Waals surface area contributed by atoms with Crippen molar-refractivity contribution in [2.75, 3.05) is 7.11 Å². The van der Waals surface area contributed by atoms with Gasteiger partial charge < -0.3 is 4.74 Å². The first-order valence-electron chi connectivity index (χ1n) is 6.95. The minimum Gasteiger partial charge on any atom is -0.497 e. The van der Waals surface area contributed by atoms with Crippen molar-refractivity contribution in [3.05, 3.63) is 36.4 Å². The molecular weight excluding hydrogens is 334 g/mol. The van der Waals surface area contributed by atoms with E-state index in [2.05, 4.69) is 25.7 Å². The van der Waals surface area contributed by atoms with Crippen molar-refractivity contribution in [1.82, 2.24) is 35.0 Å². The van der Waals surface area contributed by atoms with Gasteiger partial charge in [0.15, 0.2) is 5.82 Å². The van der Waals surface area contributed by atoms with Gasteiger partial charge in [0.1, 0.15) is 17.3 Å². The van der Waals surface area contributed by atoms with E-state index in [0.29, 0.717) is 11.4 Å². The summed E-state index contributed by atoms with van der Waals surface area (Å²) in [6.45, 7) is 1.51. The Hall–Kier alpha value is -2.82. The average Bonchev–Trinajstić information content (AvgIpc) is 3.23. The monoisotopic (exact) mass is 349 g/mol. The molecule has 0 saturated carbocycles. The number of ether oxygens (including phenoxy) is 1. The zero-order chi connectivity index (χ0) is 17.3. The number of rotatable bonds is 5. The van der Waals surface area contributed by atoms with E-state index in [0.717, 1.165) is 0 Å². The van der Waals surface area contributed by atoms with E-state index in [1.54, 1.807) is 38.4 Å². The van der Waals surface area contributed by atoms with Crippen LogP contribution < -0.4 is 4.74 Å². The van der Waals surface area contributed by atoms with Gasteiger partial charge in [-0.05, 0) is 41.6 Å². The Bertz CT molecular complexity index is 946. The van der Waals surface area contributed by atoms with Gasteiger partial charge in [0.25, 0.3) is 5.16 Å². The first-order chi connectivity index (χ1) is 11.4. The third kappa shape index (κ3) is 2.62. The summed E-state index contributed by atoms with van der Waals surface area (Å²) in [7, 11) is -0.706. The van der Waals surface area contributed by atoms with Gasteiger partial charge in [0.05, 0.1) is 7.11 Å². The minimum absolute atomic E-state index is 0.178. The Morgan fingerprint density at radius 3 is 2.46 bits per heavy atom. The molecule has 0 bridgehead atoms. The molecule has 2 aromatic heterocycles. The Kier molecular flexibility index (Phi) is 4.01. The minimum atomic E-state index is -3.84. The average molecular weight is 349 g/mol. The van der Waals surface area contributed by atoms with E-state index >= 15 is 0 Å². The maximum Gasteiger partial charge on any atom is 0.254 e. The second-order valence-electron chi connectivity index (χ2n) is 5.03. The van der Waals surface area contributed by atoms with Crippen LogP contribution >= 0.6 is 0 Å². The van der Waals surface area contributed by atoms with Crippen molar-refractivity contribution in [3.63, 3.8) is 0 Å². The van der Waals surface area contributed by atoms with Crippen molar-refractivity contribution in [2.24, 2.45) is 7.05 Å². The number of aryl methyl sites for hydroxylation is 1. The first-order valence-corrected chi connectivity index (χ1v) is 8.50. The van der Waals surface area contributed by atoms with Crippen molar-refractivity contribution in [3.8, 4) is 11.4 Å². The van der Waals surface area contributed by atoms with Crippen LogP contribution in [-0.4, -0.2) is 50.5 Å². The van der Waals surface area contributed by atoms with Gasteiger partial charge in [-0.2, -0.15) is 0 Å². The summed E-state index contributed by atoms with van der Waals surface area (Å²) in [4.78, 5) is 0. The molecule has 24 heavy (non-hydrogen) atoms. The van der Waals surface area contributed by atoms with E-state index in [9.17, 15) is 8.42 Å². The highest BCUT2D eigenvalue weighted by molar-refractivity contribution is 7.91. The quantitative estimate of drug-likeness (QED) is 0.647. The normalized spacial score (nSPS) is 13.0. The molecule has 1 unspecified atom stereocenters. The third-order valence-electron chi connectivity index (χ3n) is 3.60. The fourth-order valence-electron chi connectivity index (χ4n) is 2.22. The molecule has 0 aliphatic rings. The van der Waals surface area contributed by atoms with Crippen LogP contribution in [0.15, 0.2) is 35.7 Å². The van der Waals surface area contributed by atoms with Crippen LogP contribution in [-0.2, 0) is 16.9 Å². The summed E-state index contributed by atoms with van der Waals surface area (Å²) in [5.41, 5.74) is 0.600. The molecule has 0 N–H and O–H groups in total. The molecule has 0 saturated heterocycles. The number of nitrogens with zero attached hydrogens (tertiary/aromatic N) is 7. The number of hydrogen-bond donors (Lipinski definition) is 0. The summed E-state index contributed by atoms with van der Waals surface area (Å²) in [5, 5.41) is 17.3. The van der Waals surface area contributed by atoms with Gasteiger partial charge in [-0.1, -0.05) is 0 Å². The van der Waals surface area contributed by atoms with Gasteiger partial charge in [-0.25, -0.2) is 13.1 Å². The molecule has 3 rings (SSSR count). The second kappa shape index (κ2) is 6.00. The summed E-state index contributed by atoms with van der Waals surface area (Å²) in [6, 6.07) is 6.88. The van der Waals surface area contributed by atoms with Gasteiger partial charge in [0.2, 0.25) is 9.84 Å². The molecule has 3 aromatic rings. The van der Waals surface area contributed by atoms with Crippen molar-refractivity contribution in [2.45, 2.75) is 17.3 Å². The molecular formula is C13H15N7O3S. The van der Waals surface area contributed by atoms with Crippen LogP contribution in [0.5, 0.6) is 5.75 Å². The number of hydrogen-bond acceptors (Lipinski definition) is 8. The SMILES string of the molecule is COc1ccc(-n2cnnc2S(=O)(=O)C(C)c2nnnn2C)cc1. The van der Waals surface area contributed by atoms with E-state index in [1.807, 2.05) is 0 Å². The molecule has 0 aliphatic carbocycles. The Labute approximate surface area is 138 Å². The molecule has 0 fully saturated rings. The Morgan fingerprint density at radius 2 is 1.88 bits per heavy atom. The lowest BCUT2D eigenvalue weighted by Gasteiger charge is -2.12. The molecule has 126 valence electrons. The molecule has 1 aromatic carbocycles. The predicted octanol–water partition coefficient (Wildman–Crippen LogP) is 0.334. The summed E-state index contributed by atoms with van der Waals surface area (Å²) < 4.78 is 33.6. The molecule has 11 heteroatoms. The predicted molar refractivity (Wildman–Crippen MR) is 82.3 cm³/mol. The molecule has 1 atom stereocenters. The van der Waals surface area contributed by atoms with Crippen LogP contribution in [0.3, 0.4) is 0 Å². The number of sulfone groups is 1. The van der Waals surface area contributed by atoms with E-state index in [1.165, 1.54) is 22.5 Å². The zero-order valence-electron chi connectivity index (χ0n) is 13.2. The summed E-state index contributed by atoms with van der Waals surface area (Å²) >= 11 is 0. The van der Waals surface area contributed by atoms with E-state index in [-0.39, 0.29) is 11.0 Å². The zero-order valence-corrected chi connectivity index (χ0v) is 14.0. The number of methoxy groups -OCH3 is 1. The van der Waals surface area contributed by atoms with Crippen LogP contribution in [0, 0.1) is 0 Å². The highest BCUT2D eigenvalue weighted by Gasteiger charge is 2.33. The topological polar surface area (TPSA) is 118 Å². The van der Waals surface area contributed by atoms with E-state index in [4.69, 9.17) is 4.74 Å². The summed E-state index contributed by atoms with van der Waals surface area (Å²) in [6.07, 6.45) is 1.34. The highest BCUT2D eigenvalue weighted by atomic mass is 32.2. The maximum atomic E-state index is 12.9. The molecule has 2 heterocycles. The molecule has 0 amide bonds. The second-order valence-corrected chi connectivity index (χ2v) is 7.19. The Morgan fingerprint density at radius 1 is 1.17 bits per heavy atom. The lowest BCUT2D eigenvalue weighted by atomic mass is 10.3. The van der Waals surface area contributed by atoms with Crippen LogP contribution in [0.2, 0.25) is 0 Å². The third-order valence-corrected chi connectivity index (χ3v) is 5.53. The highest BCUT2D eigenvalue weighted by Crippen LogP contribution is 2.27.